The molecule has 3 aromatic rings. The number of fused-ring (bicyclic) bond motifs is 1. The summed E-state index contributed by atoms with van der Waals surface area (Å²) < 4.78 is 57.2. The van der Waals surface area contributed by atoms with Gasteiger partial charge < -0.3 is 18.8 Å². The second-order valence-corrected chi connectivity index (χ2v) is 6.25. The van der Waals surface area contributed by atoms with Crippen LogP contribution < -0.4 is 14.2 Å². The monoisotopic (exact) mass is 391 g/mol. The third-order valence-corrected chi connectivity index (χ3v) is 4.32. The van der Waals surface area contributed by atoms with Crippen molar-refractivity contribution in [3.05, 3.63) is 66.0 Å². The maximum Gasteiger partial charge on any atom is 0.433 e. The van der Waals surface area contributed by atoms with Gasteiger partial charge in [0.1, 0.15) is 12.3 Å². The van der Waals surface area contributed by atoms with Crippen LogP contribution in [0.4, 0.5) is 13.2 Å². The van der Waals surface area contributed by atoms with Crippen LogP contribution in [-0.2, 0) is 12.7 Å². The average molecular weight is 391 g/mol. The predicted octanol–water partition coefficient (Wildman–Crippen LogP) is 3.87. The molecule has 1 unspecified atom stereocenters. The van der Waals surface area contributed by atoms with E-state index in [1.54, 1.807) is 12.5 Å². The first-order valence-corrected chi connectivity index (χ1v) is 8.43. The minimum atomic E-state index is -4.48. The zero-order valence-electron chi connectivity index (χ0n) is 14.8. The quantitative estimate of drug-likeness (QED) is 0.676. The molecular formula is C19H16F3N3O3. The highest BCUT2D eigenvalue weighted by molar-refractivity contribution is 5.55. The topological polar surface area (TPSA) is 58.4 Å². The Morgan fingerprint density at radius 2 is 2.14 bits per heavy atom. The van der Waals surface area contributed by atoms with Crippen molar-refractivity contribution in [2.75, 3.05) is 13.7 Å². The summed E-state index contributed by atoms with van der Waals surface area (Å²) in [4.78, 5) is 7.49. The minimum Gasteiger partial charge on any atom is -0.493 e. The fourth-order valence-electron chi connectivity index (χ4n) is 2.96. The second kappa shape index (κ2) is 7.06. The smallest absolute Gasteiger partial charge is 0.433 e. The number of aromatic nitrogens is 3. The van der Waals surface area contributed by atoms with E-state index < -0.39 is 18.0 Å². The van der Waals surface area contributed by atoms with Gasteiger partial charge in [0.05, 0.1) is 13.4 Å². The van der Waals surface area contributed by atoms with Crippen molar-refractivity contribution in [2.45, 2.75) is 18.8 Å². The molecule has 0 radical (unpaired) electrons. The molecule has 2 aromatic heterocycles. The number of pyridine rings is 1. The van der Waals surface area contributed by atoms with Gasteiger partial charge in [0.15, 0.2) is 17.6 Å². The molecule has 0 aliphatic carbocycles. The highest BCUT2D eigenvalue weighted by atomic mass is 19.4. The molecular weight excluding hydrogens is 375 g/mol. The molecule has 28 heavy (non-hydrogen) atoms. The maximum atomic E-state index is 12.7. The number of alkyl halides is 3. The summed E-state index contributed by atoms with van der Waals surface area (Å²) in [5, 5.41) is 0. The molecule has 1 aromatic carbocycles. The molecule has 1 aliphatic rings. The third kappa shape index (κ3) is 3.60. The number of halogens is 3. The summed E-state index contributed by atoms with van der Waals surface area (Å²) in [5.41, 5.74) is 0.477. The minimum absolute atomic E-state index is 0.151. The Morgan fingerprint density at radius 1 is 1.29 bits per heavy atom. The lowest BCUT2D eigenvalue weighted by atomic mass is 10.1. The van der Waals surface area contributed by atoms with Gasteiger partial charge in [-0.05, 0) is 23.8 Å². The van der Waals surface area contributed by atoms with Crippen molar-refractivity contribution in [3.8, 4) is 17.2 Å². The summed E-state index contributed by atoms with van der Waals surface area (Å²) >= 11 is 0. The highest BCUT2D eigenvalue weighted by Gasteiger charge is 2.33. The average Bonchev–Trinajstić information content (AvgIpc) is 3.19. The van der Waals surface area contributed by atoms with Crippen LogP contribution in [-0.4, -0.2) is 28.3 Å². The molecule has 0 saturated carbocycles. The van der Waals surface area contributed by atoms with Crippen molar-refractivity contribution in [1.82, 2.24) is 14.5 Å². The first-order chi connectivity index (χ1) is 13.4. The van der Waals surface area contributed by atoms with Gasteiger partial charge in [-0.1, -0.05) is 6.07 Å². The molecule has 1 aliphatic heterocycles. The van der Waals surface area contributed by atoms with Gasteiger partial charge in [-0.25, -0.2) is 4.98 Å². The van der Waals surface area contributed by atoms with Crippen molar-refractivity contribution < 1.29 is 27.4 Å². The number of rotatable bonds is 4. The molecule has 0 bridgehead atoms. The zero-order chi connectivity index (χ0) is 19.7. The summed E-state index contributed by atoms with van der Waals surface area (Å²) in [5.74, 6) is 1.41. The van der Waals surface area contributed by atoms with Gasteiger partial charge in [0, 0.05) is 30.7 Å². The number of hydrogen-bond donors (Lipinski definition) is 0. The second-order valence-electron chi connectivity index (χ2n) is 6.25. The molecule has 0 spiro atoms. The van der Waals surface area contributed by atoms with Crippen LogP contribution in [0.3, 0.4) is 0 Å². The standard InChI is InChI=1S/C19H16F3N3O3/c1-26-14-6-12(9-25-5-4-23-11-25)7-15-18(14)28-16(10-27-15)13-2-3-17(24-8-13)19(20,21)22/h2-8,11,16H,9-10H2,1H3. The van der Waals surface area contributed by atoms with Crippen LogP contribution in [0.15, 0.2) is 49.2 Å². The van der Waals surface area contributed by atoms with Crippen LogP contribution in [0, 0.1) is 0 Å². The lowest BCUT2D eigenvalue weighted by Crippen LogP contribution is -2.22. The largest absolute Gasteiger partial charge is 0.493 e. The van der Waals surface area contributed by atoms with Gasteiger partial charge >= 0.3 is 6.18 Å². The molecule has 3 heterocycles. The summed E-state index contributed by atoms with van der Waals surface area (Å²) in [6, 6.07) is 5.95. The van der Waals surface area contributed by atoms with E-state index in [4.69, 9.17) is 14.2 Å². The van der Waals surface area contributed by atoms with Crippen molar-refractivity contribution in [2.24, 2.45) is 0 Å². The van der Waals surface area contributed by atoms with E-state index in [0.29, 0.717) is 29.4 Å². The van der Waals surface area contributed by atoms with Gasteiger partial charge in [-0.2, -0.15) is 13.2 Å². The van der Waals surface area contributed by atoms with Crippen LogP contribution in [0.5, 0.6) is 17.2 Å². The molecule has 1 atom stereocenters. The number of nitrogens with zero attached hydrogens (tertiary/aromatic N) is 3. The van der Waals surface area contributed by atoms with Crippen molar-refractivity contribution >= 4 is 0 Å². The van der Waals surface area contributed by atoms with E-state index in [1.807, 2.05) is 22.9 Å². The van der Waals surface area contributed by atoms with E-state index in [1.165, 1.54) is 13.2 Å². The molecule has 146 valence electrons. The Bertz CT molecular complexity index is 940. The number of imidazole rings is 1. The SMILES string of the molecule is COc1cc(Cn2ccnc2)cc2c1OC(c1ccc(C(F)(F)F)nc1)CO2. The predicted molar refractivity (Wildman–Crippen MR) is 92.4 cm³/mol. The van der Waals surface area contributed by atoms with E-state index in [-0.39, 0.29) is 6.61 Å². The van der Waals surface area contributed by atoms with Gasteiger partial charge in [0.2, 0.25) is 5.75 Å². The van der Waals surface area contributed by atoms with E-state index in [2.05, 4.69) is 9.97 Å². The Hall–Kier alpha value is -3.23. The Kier molecular flexibility index (Phi) is 4.58. The molecule has 0 N–H and O–H groups in total. The zero-order valence-corrected chi connectivity index (χ0v) is 14.8. The van der Waals surface area contributed by atoms with Crippen LogP contribution in [0.1, 0.15) is 22.9 Å². The van der Waals surface area contributed by atoms with Crippen LogP contribution in [0.2, 0.25) is 0 Å². The van der Waals surface area contributed by atoms with E-state index in [9.17, 15) is 13.2 Å². The van der Waals surface area contributed by atoms with Crippen LogP contribution >= 0.6 is 0 Å². The maximum absolute atomic E-state index is 12.7. The van der Waals surface area contributed by atoms with Gasteiger partial charge in [-0.3, -0.25) is 4.98 Å². The summed E-state index contributed by atoms with van der Waals surface area (Å²) in [6.45, 7) is 0.733. The Balaban J connectivity index is 1.58. The number of hydrogen-bond acceptors (Lipinski definition) is 5. The molecule has 0 saturated heterocycles. The Labute approximate surface area is 158 Å². The first-order valence-electron chi connectivity index (χ1n) is 8.43. The van der Waals surface area contributed by atoms with Gasteiger partial charge in [-0.15, -0.1) is 0 Å². The fraction of sp³-hybridized carbons (Fsp3) is 0.263. The van der Waals surface area contributed by atoms with E-state index >= 15 is 0 Å². The summed E-state index contributed by atoms with van der Waals surface area (Å²) in [6.07, 6.45) is 1.33. The lowest BCUT2D eigenvalue weighted by Gasteiger charge is -2.28. The molecule has 0 amide bonds. The number of ether oxygens (including phenoxy) is 3. The number of methoxy groups -OCH3 is 1. The molecule has 4 rings (SSSR count). The summed E-state index contributed by atoms with van der Waals surface area (Å²) in [7, 11) is 1.52. The van der Waals surface area contributed by atoms with Crippen LogP contribution in [0.25, 0.3) is 0 Å². The fourth-order valence-corrected chi connectivity index (χ4v) is 2.96. The number of benzene rings is 1. The normalized spacial score (nSPS) is 16.1. The Morgan fingerprint density at radius 3 is 2.79 bits per heavy atom. The first kappa shape index (κ1) is 18.1. The van der Waals surface area contributed by atoms with Crippen molar-refractivity contribution in [3.63, 3.8) is 0 Å². The van der Waals surface area contributed by atoms with E-state index in [0.717, 1.165) is 17.8 Å². The third-order valence-electron chi connectivity index (χ3n) is 4.32. The van der Waals surface area contributed by atoms with Crippen molar-refractivity contribution in [1.29, 1.82) is 0 Å². The lowest BCUT2D eigenvalue weighted by molar-refractivity contribution is -0.141. The molecule has 6 nitrogen and oxygen atoms in total. The molecule has 9 heteroatoms. The molecule has 0 fully saturated rings. The van der Waals surface area contributed by atoms with Gasteiger partial charge in [0.25, 0.3) is 0 Å². The highest BCUT2D eigenvalue weighted by Crippen LogP contribution is 2.44.